The normalized spacial score (nSPS) is 19.3. The maximum Gasteiger partial charge on any atom is 0.509 e. The van der Waals surface area contributed by atoms with Crippen LogP contribution in [-0.4, -0.2) is 76.8 Å². The molecule has 0 saturated carbocycles. The molecule has 4 rings (SSSR count). The lowest BCUT2D eigenvalue weighted by Crippen LogP contribution is -2.58. The minimum absolute atomic E-state index is 0.189. The Morgan fingerprint density at radius 1 is 0.820 bits per heavy atom. The van der Waals surface area contributed by atoms with Gasteiger partial charge in [-0.3, -0.25) is 23.9 Å². The van der Waals surface area contributed by atoms with Gasteiger partial charge in [0.15, 0.2) is 30.6 Å². The van der Waals surface area contributed by atoms with Gasteiger partial charge in [0.2, 0.25) is 0 Å². The monoisotopic (exact) mass is 697 g/mol. The van der Waals surface area contributed by atoms with Gasteiger partial charge in [0, 0.05) is 26.1 Å². The maximum atomic E-state index is 13.5. The van der Waals surface area contributed by atoms with Crippen LogP contribution in [0.15, 0.2) is 82.5 Å². The standard InChI is InChI=1S/C33H35N3O14/c1-4-44-30(40)24(35-32(42)45-17-21-11-7-5-8-12-21)25(50-33(43)46-18-22-13-9-6-10-14-22)26-27(47-19(2)37)28(48-20(3)38)29(49-26)36-16-15-23(39)34-31(36)41/h5-16,24-29H,4,17-18H2,1-3H3,(H,35,42)(H,34,39,41)/t24-,25-,26+,27-,28-,29+/m1/s1. The van der Waals surface area contributed by atoms with Crippen molar-refractivity contribution in [2.45, 2.75) is 70.7 Å². The van der Waals surface area contributed by atoms with Crippen LogP contribution in [0.25, 0.3) is 0 Å². The summed E-state index contributed by atoms with van der Waals surface area (Å²) >= 11 is 0. The number of benzene rings is 2. The van der Waals surface area contributed by atoms with Gasteiger partial charge in [0.05, 0.1) is 6.61 Å². The summed E-state index contributed by atoms with van der Waals surface area (Å²) in [4.78, 5) is 91.1. The average molecular weight is 698 g/mol. The van der Waals surface area contributed by atoms with Crippen LogP contribution in [0.2, 0.25) is 0 Å². The molecular weight excluding hydrogens is 662 g/mol. The van der Waals surface area contributed by atoms with Gasteiger partial charge in [-0.1, -0.05) is 60.7 Å². The second-order valence-electron chi connectivity index (χ2n) is 10.7. The highest BCUT2D eigenvalue weighted by Gasteiger charge is 2.57. The van der Waals surface area contributed by atoms with Crippen LogP contribution in [0.4, 0.5) is 9.59 Å². The molecule has 1 aliphatic heterocycles. The number of nitrogens with zero attached hydrogens (tertiary/aromatic N) is 1. The zero-order valence-corrected chi connectivity index (χ0v) is 27.2. The molecule has 17 nitrogen and oxygen atoms in total. The van der Waals surface area contributed by atoms with E-state index in [9.17, 15) is 33.6 Å². The molecule has 2 N–H and O–H groups in total. The van der Waals surface area contributed by atoms with E-state index in [1.54, 1.807) is 60.7 Å². The third-order valence-corrected chi connectivity index (χ3v) is 7.07. The number of aromatic amines is 1. The fourth-order valence-corrected chi connectivity index (χ4v) is 5.01. The summed E-state index contributed by atoms with van der Waals surface area (Å²) in [5.74, 6) is -2.96. The molecule has 0 radical (unpaired) electrons. The van der Waals surface area contributed by atoms with Crippen molar-refractivity contribution in [3.8, 4) is 0 Å². The van der Waals surface area contributed by atoms with Crippen molar-refractivity contribution < 1.29 is 57.1 Å². The Hall–Kier alpha value is -5.97. The van der Waals surface area contributed by atoms with Crippen LogP contribution >= 0.6 is 0 Å². The summed E-state index contributed by atoms with van der Waals surface area (Å²) in [5, 5.41) is 2.32. The fraction of sp³-hybridized carbons (Fsp3) is 0.364. The fourth-order valence-electron chi connectivity index (χ4n) is 5.01. The zero-order chi connectivity index (χ0) is 36.2. The summed E-state index contributed by atoms with van der Waals surface area (Å²) in [6.45, 7) is 2.86. The molecule has 2 aromatic carbocycles. The van der Waals surface area contributed by atoms with Crippen molar-refractivity contribution in [1.29, 1.82) is 0 Å². The Labute approximate surface area is 284 Å². The van der Waals surface area contributed by atoms with Crippen LogP contribution in [0.5, 0.6) is 0 Å². The predicted octanol–water partition coefficient (Wildman–Crippen LogP) is 1.88. The first kappa shape index (κ1) is 36.9. The number of hydrogen-bond donors (Lipinski definition) is 2. The molecule has 1 saturated heterocycles. The summed E-state index contributed by atoms with van der Waals surface area (Å²) in [7, 11) is 0. The highest BCUT2D eigenvalue weighted by atomic mass is 16.7. The van der Waals surface area contributed by atoms with Gasteiger partial charge in [0.25, 0.3) is 5.56 Å². The predicted molar refractivity (Wildman–Crippen MR) is 168 cm³/mol. The van der Waals surface area contributed by atoms with Crippen molar-refractivity contribution >= 4 is 30.2 Å². The number of carbonyl (C=O) groups excluding carboxylic acids is 5. The van der Waals surface area contributed by atoms with Crippen molar-refractivity contribution in [3.63, 3.8) is 0 Å². The van der Waals surface area contributed by atoms with Crippen LogP contribution in [-0.2, 0) is 60.8 Å². The molecule has 0 aliphatic carbocycles. The lowest BCUT2D eigenvalue weighted by atomic mass is 9.98. The third-order valence-electron chi connectivity index (χ3n) is 7.07. The zero-order valence-electron chi connectivity index (χ0n) is 27.2. The van der Waals surface area contributed by atoms with E-state index in [4.69, 9.17) is 33.2 Å². The van der Waals surface area contributed by atoms with Gasteiger partial charge in [-0.15, -0.1) is 0 Å². The largest absolute Gasteiger partial charge is 0.509 e. The number of aromatic nitrogens is 2. The number of H-pyrrole nitrogens is 1. The number of carbonyl (C=O) groups is 5. The van der Waals surface area contributed by atoms with E-state index < -0.39 is 78.1 Å². The van der Waals surface area contributed by atoms with Crippen LogP contribution in [0, 0.1) is 0 Å². The first-order chi connectivity index (χ1) is 24.0. The van der Waals surface area contributed by atoms with E-state index in [1.807, 2.05) is 4.98 Å². The molecule has 2 heterocycles. The summed E-state index contributed by atoms with van der Waals surface area (Å²) in [6, 6.07) is 16.1. The van der Waals surface area contributed by atoms with Gasteiger partial charge in [-0.25, -0.2) is 19.2 Å². The third kappa shape index (κ3) is 10.0. The Morgan fingerprint density at radius 3 is 1.96 bits per heavy atom. The van der Waals surface area contributed by atoms with Crippen LogP contribution < -0.4 is 16.6 Å². The number of rotatable bonds is 13. The summed E-state index contributed by atoms with van der Waals surface area (Å²) < 4.78 is 39.2. The van der Waals surface area contributed by atoms with E-state index in [2.05, 4.69) is 5.32 Å². The smallest absolute Gasteiger partial charge is 0.464 e. The second kappa shape index (κ2) is 17.4. The second-order valence-corrected chi connectivity index (χ2v) is 10.7. The lowest BCUT2D eigenvalue weighted by Gasteiger charge is -2.32. The molecule has 6 atom stereocenters. The number of esters is 3. The highest BCUT2D eigenvalue weighted by molar-refractivity contribution is 5.82. The molecule has 0 bridgehead atoms. The Balaban J connectivity index is 1.76. The van der Waals surface area contributed by atoms with E-state index in [1.165, 1.54) is 6.92 Å². The van der Waals surface area contributed by atoms with Crippen molar-refractivity contribution in [1.82, 2.24) is 14.9 Å². The Kier molecular flexibility index (Phi) is 12.9. The average Bonchev–Trinajstić information content (AvgIpc) is 3.40. The number of amides is 1. The summed E-state index contributed by atoms with van der Waals surface area (Å²) in [6.07, 6.45) is -10.1. The number of nitrogens with one attached hydrogen (secondary N) is 2. The van der Waals surface area contributed by atoms with Crippen molar-refractivity contribution in [3.05, 3.63) is 105 Å². The number of alkyl carbamates (subject to hydrolysis) is 1. The minimum atomic E-state index is -1.95. The number of hydrogen-bond acceptors (Lipinski definition) is 14. The molecule has 1 fully saturated rings. The summed E-state index contributed by atoms with van der Waals surface area (Å²) in [5.41, 5.74) is -0.580. The Bertz CT molecular complexity index is 1760. The van der Waals surface area contributed by atoms with Crippen molar-refractivity contribution in [2.24, 2.45) is 0 Å². The maximum absolute atomic E-state index is 13.5. The molecule has 0 spiro atoms. The van der Waals surface area contributed by atoms with Gasteiger partial charge >= 0.3 is 35.8 Å². The molecular formula is C33H35N3O14. The molecule has 1 aromatic heterocycles. The molecule has 1 amide bonds. The van der Waals surface area contributed by atoms with E-state index in [0.29, 0.717) is 11.1 Å². The molecule has 3 aromatic rings. The van der Waals surface area contributed by atoms with E-state index in [0.717, 1.165) is 30.7 Å². The minimum Gasteiger partial charge on any atom is -0.464 e. The molecule has 0 unspecified atom stereocenters. The van der Waals surface area contributed by atoms with Gasteiger partial charge in [-0.05, 0) is 18.1 Å². The van der Waals surface area contributed by atoms with Gasteiger partial charge < -0.3 is 38.5 Å². The molecule has 1 aliphatic rings. The van der Waals surface area contributed by atoms with Gasteiger partial charge in [0.1, 0.15) is 19.3 Å². The topological polar surface area (TPSA) is 217 Å². The van der Waals surface area contributed by atoms with E-state index >= 15 is 0 Å². The first-order valence-corrected chi connectivity index (χ1v) is 15.3. The highest BCUT2D eigenvalue weighted by Crippen LogP contribution is 2.37. The Morgan fingerprint density at radius 2 is 1.40 bits per heavy atom. The lowest BCUT2D eigenvalue weighted by molar-refractivity contribution is -0.168. The van der Waals surface area contributed by atoms with Crippen molar-refractivity contribution in [2.75, 3.05) is 6.61 Å². The molecule has 50 heavy (non-hydrogen) atoms. The molecule has 17 heteroatoms. The quantitative estimate of drug-likeness (QED) is 0.193. The van der Waals surface area contributed by atoms with Crippen LogP contribution in [0.1, 0.15) is 38.1 Å². The number of ether oxygens (including phenoxy) is 7. The SMILES string of the molecule is CCOC(=O)[C@H](NC(=O)OCc1ccccc1)[C@@H](OC(=O)OCc1ccccc1)[C@@H]1O[C@H](n2ccc(=O)[nH]c2=O)[C@H](OC(C)=O)[C@@H]1OC(C)=O. The first-order valence-electron chi connectivity index (χ1n) is 15.3. The van der Waals surface area contributed by atoms with Gasteiger partial charge in [-0.2, -0.15) is 0 Å². The molecule has 266 valence electrons. The van der Waals surface area contributed by atoms with E-state index in [-0.39, 0.29) is 19.8 Å². The van der Waals surface area contributed by atoms with Crippen LogP contribution in [0.3, 0.4) is 0 Å².